The summed E-state index contributed by atoms with van der Waals surface area (Å²) < 4.78 is 0. The number of anilines is 3. The van der Waals surface area contributed by atoms with Crippen molar-refractivity contribution in [2.45, 2.75) is 26.2 Å². The van der Waals surface area contributed by atoms with Gasteiger partial charge in [0.25, 0.3) is 0 Å². The summed E-state index contributed by atoms with van der Waals surface area (Å²) in [5.74, 6) is 0.584. The first kappa shape index (κ1) is 19.9. The molecule has 7 nitrogen and oxygen atoms in total. The van der Waals surface area contributed by atoms with Crippen LogP contribution >= 0.6 is 0 Å². The smallest absolute Gasteiger partial charge is 0.169 e. The molecule has 0 amide bonds. The minimum absolute atomic E-state index is 0.0222. The van der Waals surface area contributed by atoms with E-state index in [9.17, 15) is 5.11 Å². The number of rotatable bonds is 3. The second kappa shape index (κ2) is 7.82. The second-order valence-electron chi connectivity index (χ2n) is 8.64. The SMILES string of the molecule is CC(C)(C)c1cc(N2CCN(c3cc(-c4ccccc4O)nnc3N)CC2)ccn1. The maximum Gasteiger partial charge on any atom is 0.169 e. The lowest BCUT2D eigenvalue weighted by atomic mass is 9.91. The Labute approximate surface area is 177 Å². The number of hydrogen-bond donors (Lipinski definition) is 2. The second-order valence-corrected chi connectivity index (χ2v) is 8.64. The van der Waals surface area contributed by atoms with E-state index in [0.717, 1.165) is 37.6 Å². The average molecular weight is 405 g/mol. The van der Waals surface area contributed by atoms with E-state index in [4.69, 9.17) is 5.73 Å². The minimum Gasteiger partial charge on any atom is -0.507 e. The van der Waals surface area contributed by atoms with E-state index in [2.05, 4.69) is 57.9 Å². The van der Waals surface area contributed by atoms with Crippen LogP contribution in [-0.4, -0.2) is 46.5 Å². The number of nitrogens with two attached hydrogens (primary N) is 1. The number of pyridine rings is 1. The molecule has 4 rings (SSSR count). The summed E-state index contributed by atoms with van der Waals surface area (Å²) in [5, 5.41) is 18.5. The van der Waals surface area contributed by atoms with Crippen LogP contribution in [-0.2, 0) is 5.41 Å². The number of nitrogen functional groups attached to an aromatic ring is 1. The van der Waals surface area contributed by atoms with Gasteiger partial charge in [0, 0.05) is 54.7 Å². The highest BCUT2D eigenvalue weighted by atomic mass is 16.3. The summed E-state index contributed by atoms with van der Waals surface area (Å²) in [6, 6.07) is 13.3. The fourth-order valence-electron chi connectivity index (χ4n) is 3.70. The van der Waals surface area contributed by atoms with Crippen molar-refractivity contribution in [3.8, 4) is 17.0 Å². The molecule has 1 aliphatic rings. The minimum atomic E-state index is 0.0222. The Balaban J connectivity index is 1.52. The van der Waals surface area contributed by atoms with Crippen LogP contribution in [0.1, 0.15) is 26.5 Å². The predicted molar refractivity (Wildman–Crippen MR) is 121 cm³/mol. The lowest BCUT2D eigenvalue weighted by Gasteiger charge is -2.38. The van der Waals surface area contributed by atoms with Gasteiger partial charge in [-0.3, -0.25) is 4.98 Å². The van der Waals surface area contributed by atoms with Crippen LogP contribution in [0.2, 0.25) is 0 Å². The first-order valence-electron chi connectivity index (χ1n) is 10.2. The van der Waals surface area contributed by atoms with E-state index in [0.29, 0.717) is 17.1 Å². The van der Waals surface area contributed by atoms with Crippen molar-refractivity contribution in [2.24, 2.45) is 0 Å². The van der Waals surface area contributed by atoms with Crippen LogP contribution in [0.15, 0.2) is 48.7 Å². The van der Waals surface area contributed by atoms with E-state index in [-0.39, 0.29) is 11.2 Å². The molecule has 1 aromatic carbocycles. The van der Waals surface area contributed by atoms with Gasteiger partial charge in [-0.15, -0.1) is 10.2 Å². The molecule has 1 aliphatic heterocycles. The molecular formula is C23H28N6O. The number of aromatic nitrogens is 3. The van der Waals surface area contributed by atoms with Gasteiger partial charge in [-0.25, -0.2) is 0 Å². The van der Waals surface area contributed by atoms with Crippen molar-refractivity contribution in [1.82, 2.24) is 15.2 Å². The zero-order valence-corrected chi connectivity index (χ0v) is 17.7. The highest BCUT2D eigenvalue weighted by Gasteiger charge is 2.22. The summed E-state index contributed by atoms with van der Waals surface area (Å²) in [6.07, 6.45) is 1.89. The molecule has 0 radical (unpaired) electrons. The molecule has 1 saturated heterocycles. The Kier molecular flexibility index (Phi) is 5.20. The topological polar surface area (TPSA) is 91.4 Å². The van der Waals surface area contributed by atoms with E-state index in [1.165, 1.54) is 5.69 Å². The van der Waals surface area contributed by atoms with E-state index >= 15 is 0 Å². The number of phenolic OH excluding ortho intramolecular Hbond substituents is 1. The molecule has 7 heteroatoms. The van der Waals surface area contributed by atoms with Crippen LogP contribution in [0.5, 0.6) is 5.75 Å². The average Bonchev–Trinajstić information content (AvgIpc) is 2.74. The monoisotopic (exact) mass is 404 g/mol. The van der Waals surface area contributed by atoms with Gasteiger partial charge in [-0.2, -0.15) is 0 Å². The molecule has 0 aliphatic carbocycles. The Hall–Kier alpha value is -3.35. The Morgan fingerprint density at radius 3 is 2.33 bits per heavy atom. The quantitative estimate of drug-likeness (QED) is 0.691. The number of piperazine rings is 1. The van der Waals surface area contributed by atoms with E-state index in [1.54, 1.807) is 12.1 Å². The van der Waals surface area contributed by atoms with Gasteiger partial charge >= 0.3 is 0 Å². The molecule has 3 aromatic rings. The van der Waals surface area contributed by atoms with E-state index < -0.39 is 0 Å². The highest BCUT2D eigenvalue weighted by molar-refractivity contribution is 5.74. The molecule has 30 heavy (non-hydrogen) atoms. The Morgan fingerprint density at radius 2 is 1.63 bits per heavy atom. The van der Waals surface area contributed by atoms with Crippen molar-refractivity contribution in [3.63, 3.8) is 0 Å². The Morgan fingerprint density at radius 1 is 0.933 bits per heavy atom. The fourth-order valence-corrected chi connectivity index (χ4v) is 3.70. The molecule has 1 fully saturated rings. The summed E-state index contributed by atoms with van der Waals surface area (Å²) in [4.78, 5) is 9.15. The van der Waals surface area contributed by atoms with Crippen molar-refractivity contribution in [1.29, 1.82) is 0 Å². The molecule has 156 valence electrons. The molecule has 0 saturated carbocycles. The predicted octanol–water partition coefficient (Wildman–Crippen LogP) is 3.45. The molecule has 0 atom stereocenters. The fraction of sp³-hybridized carbons (Fsp3) is 0.348. The van der Waals surface area contributed by atoms with Crippen LogP contribution in [0.3, 0.4) is 0 Å². The standard InChI is InChI=1S/C23H28N6O/c1-23(2,3)21-14-16(8-9-25-21)28-10-12-29(13-11-28)19-15-18(26-27-22(19)24)17-6-4-5-7-20(17)30/h4-9,14-15,30H,10-13H2,1-3H3,(H2,24,27). The van der Waals surface area contributed by atoms with Crippen LogP contribution in [0.4, 0.5) is 17.2 Å². The maximum absolute atomic E-state index is 10.2. The van der Waals surface area contributed by atoms with Crippen molar-refractivity contribution in [3.05, 3.63) is 54.4 Å². The zero-order valence-electron chi connectivity index (χ0n) is 17.7. The summed E-state index contributed by atoms with van der Waals surface area (Å²) >= 11 is 0. The number of benzene rings is 1. The third-order valence-corrected chi connectivity index (χ3v) is 5.48. The van der Waals surface area contributed by atoms with Crippen LogP contribution in [0.25, 0.3) is 11.3 Å². The maximum atomic E-state index is 10.2. The number of phenols is 1. The zero-order chi connectivity index (χ0) is 21.3. The normalized spacial score (nSPS) is 14.8. The largest absolute Gasteiger partial charge is 0.507 e. The number of nitrogens with zero attached hydrogens (tertiary/aromatic N) is 5. The van der Waals surface area contributed by atoms with Gasteiger partial charge in [0.1, 0.15) is 5.75 Å². The van der Waals surface area contributed by atoms with Gasteiger partial charge < -0.3 is 20.6 Å². The van der Waals surface area contributed by atoms with Gasteiger partial charge in [0.15, 0.2) is 5.82 Å². The van der Waals surface area contributed by atoms with Gasteiger partial charge in [0.05, 0.1) is 11.4 Å². The third-order valence-electron chi connectivity index (χ3n) is 5.48. The molecule has 0 spiro atoms. The first-order chi connectivity index (χ1) is 14.3. The van der Waals surface area contributed by atoms with Crippen LogP contribution < -0.4 is 15.5 Å². The molecule has 0 unspecified atom stereocenters. The highest BCUT2D eigenvalue weighted by Crippen LogP contribution is 2.32. The lowest BCUT2D eigenvalue weighted by molar-refractivity contribution is 0.477. The van der Waals surface area contributed by atoms with E-state index in [1.807, 2.05) is 24.4 Å². The van der Waals surface area contributed by atoms with Gasteiger partial charge in [-0.1, -0.05) is 32.9 Å². The van der Waals surface area contributed by atoms with Crippen molar-refractivity contribution >= 4 is 17.2 Å². The third kappa shape index (κ3) is 4.01. The lowest BCUT2D eigenvalue weighted by Crippen LogP contribution is -2.47. The van der Waals surface area contributed by atoms with Gasteiger partial charge in [-0.05, 0) is 30.3 Å². The first-order valence-corrected chi connectivity index (χ1v) is 10.2. The molecule has 2 aromatic heterocycles. The summed E-state index contributed by atoms with van der Waals surface area (Å²) in [5.41, 5.74) is 10.6. The number of hydrogen-bond acceptors (Lipinski definition) is 7. The molecule has 0 bridgehead atoms. The molecular weight excluding hydrogens is 376 g/mol. The summed E-state index contributed by atoms with van der Waals surface area (Å²) in [7, 11) is 0. The number of para-hydroxylation sites is 1. The van der Waals surface area contributed by atoms with Crippen LogP contribution in [0, 0.1) is 0 Å². The molecule has 3 N–H and O–H groups in total. The van der Waals surface area contributed by atoms with Crippen molar-refractivity contribution < 1.29 is 5.11 Å². The summed E-state index contributed by atoms with van der Waals surface area (Å²) in [6.45, 7) is 9.93. The van der Waals surface area contributed by atoms with Gasteiger partial charge in [0.2, 0.25) is 0 Å². The number of aromatic hydroxyl groups is 1. The van der Waals surface area contributed by atoms with Crippen molar-refractivity contribution in [2.75, 3.05) is 41.7 Å². The Bertz CT molecular complexity index is 1040. The molecule has 3 heterocycles.